The minimum Gasteiger partial charge on any atom is -0.387 e. The Kier molecular flexibility index (Phi) is 6.40. The van der Waals surface area contributed by atoms with Gasteiger partial charge in [-0.3, -0.25) is 14.8 Å². The van der Waals surface area contributed by atoms with Crippen LogP contribution >= 0.6 is 11.6 Å². The van der Waals surface area contributed by atoms with E-state index in [0.29, 0.717) is 16.4 Å². The quantitative estimate of drug-likeness (QED) is 0.704. The van der Waals surface area contributed by atoms with Gasteiger partial charge in [-0.1, -0.05) is 11.6 Å². The Morgan fingerprint density at radius 3 is 2.68 bits per heavy atom. The molecule has 1 aromatic heterocycles. The van der Waals surface area contributed by atoms with E-state index in [0.717, 1.165) is 0 Å². The van der Waals surface area contributed by atoms with Crippen LogP contribution in [0.15, 0.2) is 46.5 Å². The first kappa shape index (κ1) is 22.8. The van der Waals surface area contributed by atoms with Crippen molar-refractivity contribution in [2.24, 2.45) is 21.1 Å². The predicted molar refractivity (Wildman–Crippen MR) is 119 cm³/mol. The molecule has 0 saturated heterocycles. The fourth-order valence-electron chi connectivity index (χ4n) is 3.45. The van der Waals surface area contributed by atoms with Gasteiger partial charge in [0.05, 0.1) is 22.5 Å². The number of hydrogen-bond donors (Lipinski definition) is 2. The SMILES string of the molecule is CC1(C)C(N)=N[C@](C)(c2cc(NC(=O)c3ccc(Cl)cn3)ccc2F)CC1=NCCF. The normalized spacial score (nSPS) is 21.6. The molecule has 9 heteroatoms. The molecule has 31 heavy (non-hydrogen) atoms. The van der Waals surface area contributed by atoms with Crippen molar-refractivity contribution in [3.05, 3.63) is 58.6 Å². The first-order valence-corrected chi connectivity index (χ1v) is 10.1. The van der Waals surface area contributed by atoms with Gasteiger partial charge in [-0.05, 0) is 51.1 Å². The van der Waals surface area contributed by atoms with Crippen molar-refractivity contribution in [2.75, 3.05) is 18.5 Å². The number of halogens is 3. The maximum atomic E-state index is 14.9. The lowest BCUT2D eigenvalue weighted by molar-refractivity contribution is 0.102. The molecule has 3 rings (SSSR count). The number of pyridine rings is 1. The highest BCUT2D eigenvalue weighted by molar-refractivity contribution is 6.30. The summed E-state index contributed by atoms with van der Waals surface area (Å²) in [5.74, 6) is -0.665. The lowest BCUT2D eigenvalue weighted by Gasteiger charge is -2.39. The number of nitrogens with zero attached hydrogens (tertiary/aromatic N) is 3. The van der Waals surface area contributed by atoms with Crippen molar-refractivity contribution in [3.8, 4) is 0 Å². The number of benzene rings is 1. The maximum Gasteiger partial charge on any atom is 0.274 e. The molecule has 6 nitrogen and oxygen atoms in total. The van der Waals surface area contributed by atoms with Crippen molar-refractivity contribution in [2.45, 2.75) is 32.7 Å². The average molecular weight is 448 g/mol. The fourth-order valence-corrected chi connectivity index (χ4v) is 3.56. The molecule has 1 aliphatic heterocycles. The van der Waals surface area contributed by atoms with Crippen LogP contribution in [0.2, 0.25) is 5.02 Å². The minimum atomic E-state index is -1.06. The zero-order valence-electron chi connectivity index (χ0n) is 17.5. The van der Waals surface area contributed by atoms with E-state index in [1.807, 2.05) is 13.8 Å². The van der Waals surface area contributed by atoms with Gasteiger partial charge in [-0.15, -0.1) is 0 Å². The number of anilines is 1. The van der Waals surface area contributed by atoms with Gasteiger partial charge in [0.2, 0.25) is 0 Å². The van der Waals surface area contributed by atoms with E-state index in [1.54, 1.807) is 13.0 Å². The van der Waals surface area contributed by atoms with Crippen LogP contribution in [0.5, 0.6) is 0 Å². The molecule has 0 unspecified atom stereocenters. The third-order valence-electron chi connectivity index (χ3n) is 5.39. The Labute approximate surface area is 184 Å². The largest absolute Gasteiger partial charge is 0.387 e. The summed E-state index contributed by atoms with van der Waals surface area (Å²) >= 11 is 5.80. The Morgan fingerprint density at radius 2 is 2.03 bits per heavy atom. The average Bonchev–Trinajstić information content (AvgIpc) is 2.71. The van der Waals surface area contributed by atoms with Crippen molar-refractivity contribution in [1.82, 2.24) is 4.98 Å². The Balaban J connectivity index is 1.96. The van der Waals surface area contributed by atoms with E-state index in [2.05, 4.69) is 20.3 Å². The van der Waals surface area contributed by atoms with Gasteiger partial charge in [-0.25, -0.2) is 13.8 Å². The Hall–Kier alpha value is -2.87. The monoisotopic (exact) mass is 447 g/mol. The summed E-state index contributed by atoms with van der Waals surface area (Å²) in [5.41, 5.74) is 5.94. The number of aromatic nitrogens is 1. The van der Waals surface area contributed by atoms with Crippen LogP contribution in [0.3, 0.4) is 0 Å². The second-order valence-electron chi connectivity index (χ2n) is 8.10. The zero-order chi connectivity index (χ0) is 22.8. The van der Waals surface area contributed by atoms with E-state index < -0.39 is 29.4 Å². The number of rotatable bonds is 5. The van der Waals surface area contributed by atoms with Gasteiger partial charge in [0.25, 0.3) is 5.91 Å². The number of alkyl halides is 1. The topological polar surface area (TPSA) is 92.7 Å². The van der Waals surface area contributed by atoms with Crippen LogP contribution in [-0.2, 0) is 5.54 Å². The van der Waals surface area contributed by atoms with Gasteiger partial charge in [-0.2, -0.15) is 0 Å². The zero-order valence-corrected chi connectivity index (χ0v) is 18.3. The van der Waals surface area contributed by atoms with Gasteiger partial charge in [0.15, 0.2) is 0 Å². The molecule has 0 fully saturated rings. The fraction of sp³-hybridized carbons (Fsp3) is 0.364. The van der Waals surface area contributed by atoms with Crippen LogP contribution in [0.1, 0.15) is 43.2 Å². The summed E-state index contributed by atoms with van der Waals surface area (Å²) < 4.78 is 27.6. The van der Waals surface area contributed by atoms with Crippen molar-refractivity contribution < 1.29 is 13.6 Å². The second kappa shape index (κ2) is 8.70. The number of nitrogens with two attached hydrogens (primary N) is 1. The van der Waals surface area contributed by atoms with Crippen LogP contribution < -0.4 is 11.1 Å². The highest BCUT2D eigenvalue weighted by Gasteiger charge is 2.43. The van der Waals surface area contributed by atoms with E-state index in [4.69, 9.17) is 17.3 Å². The number of amides is 1. The highest BCUT2D eigenvalue weighted by Crippen LogP contribution is 2.41. The predicted octanol–water partition coefficient (Wildman–Crippen LogP) is 4.54. The molecule has 2 aromatic rings. The number of nitrogens with one attached hydrogen (secondary N) is 1. The van der Waals surface area contributed by atoms with Gasteiger partial charge in [0.1, 0.15) is 24.0 Å². The lowest BCUT2D eigenvalue weighted by atomic mass is 9.73. The molecule has 1 aliphatic rings. The van der Waals surface area contributed by atoms with Crippen LogP contribution in [0, 0.1) is 11.2 Å². The number of aliphatic imine (C=N–C) groups is 2. The summed E-state index contributed by atoms with van der Waals surface area (Å²) in [5, 5.41) is 3.12. The standard InChI is InChI=1S/C22H24ClF2N5O/c1-21(2)18(27-9-8-24)11-22(3,30-20(21)26)15-10-14(5-6-16(15)25)29-19(31)17-7-4-13(23)12-28-17/h4-7,10,12H,8-9,11H2,1-3H3,(H2,26,30)(H,29,31)/t22-/m0/s1. The molecule has 0 spiro atoms. The highest BCUT2D eigenvalue weighted by atomic mass is 35.5. The first-order chi connectivity index (χ1) is 14.6. The minimum absolute atomic E-state index is 0.00872. The van der Waals surface area contributed by atoms with E-state index in [9.17, 15) is 13.6 Å². The summed E-state index contributed by atoms with van der Waals surface area (Å²) in [6, 6.07) is 7.28. The van der Waals surface area contributed by atoms with Crippen molar-refractivity contribution in [3.63, 3.8) is 0 Å². The molecule has 0 radical (unpaired) electrons. The molecule has 164 valence electrons. The molecule has 0 bridgehead atoms. The third-order valence-corrected chi connectivity index (χ3v) is 5.62. The number of amidine groups is 1. The number of carbonyl (C=O) groups excluding carboxylic acids is 1. The summed E-state index contributed by atoms with van der Waals surface area (Å²) in [4.78, 5) is 25.4. The number of hydrogen-bond acceptors (Lipinski definition) is 5. The molecule has 3 N–H and O–H groups in total. The summed E-state index contributed by atoms with van der Waals surface area (Å²) in [7, 11) is 0. The molecule has 1 aromatic carbocycles. The summed E-state index contributed by atoms with van der Waals surface area (Å²) in [6.07, 6.45) is 1.64. The Morgan fingerprint density at radius 1 is 1.29 bits per heavy atom. The van der Waals surface area contributed by atoms with Crippen molar-refractivity contribution in [1.29, 1.82) is 0 Å². The van der Waals surface area contributed by atoms with Crippen LogP contribution in [0.25, 0.3) is 0 Å². The van der Waals surface area contributed by atoms with E-state index >= 15 is 0 Å². The smallest absolute Gasteiger partial charge is 0.274 e. The number of carbonyl (C=O) groups is 1. The van der Waals surface area contributed by atoms with Gasteiger partial charge >= 0.3 is 0 Å². The molecule has 0 saturated carbocycles. The summed E-state index contributed by atoms with van der Waals surface area (Å²) in [6.45, 7) is 4.87. The molecular formula is C22H24ClF2N5O. The Bertz CT molecular complexity index is 1050. The molecular weight excluding hydrogens is 424 g/mol. The third kappa shape index (κ3) is 4.74. The van der Waals surface area contributed by atoms with Crippen LogP contribution in [-0.4, -0.2) is 35.7 Å². The lowest BCUT2D eigenvalue weighted by Crippen LogP contribution is -2.48. The maximum absolute atomic E-state index is 14.9. The molecule has 1 amide bonds. The van der Waals surface area contributed by atoms with Crippen molar-refractivity contribution >= 4 is 34.7 Å². The second-order valence-corrected chi connectivity index (χ2v) is 8.54. The molecule has 2 heterocycles. The van der Waals surface area contributed by atoms with E-state index in [-0.39, 0.29) is 30.1 Å². The first-order valence-electron chi connectivity index (χ1n) is 9.75. The van der Waals surface area contributed by atoms with Crippen LogP contribution in [0.4, 0.5) is 14.5 Å². The van der Waals surface area contributed by atoms with E-state index in [1.165, 1.54) is 30.5 Å². The van der Waals surface area contributed by atoms with Gasteiger partial charge in [0, 0.05) is 29.6 Å². The van der Waals surface area contributed by atoms with Gasteiger partial charge < -0.3 is 11.1 Å². The molecule has 1 atom stereocenters. The molecule has 0 aliphatic carbocycles.